The summed E-state index contributed by atoms with van der Waals surface area (Å²) in [7, 11) is 0. The molecule has 0 bridgehead atoms. The third kappa shape index (κ3) is 3.45. The van der Waals surface area contributed by atoms with Gasteiger partial charge in [-0.2, -0.15) is 0 Å². The minimum Gasteiger partial charge on any atom is -0.494 e. The summed E-state index contributed by atoms with van der Waals surface area (Å²) in [5.41, 5.74) is 2.89. The minimum absolute atomic E-state index is 0.493. The predicted molar refractivity (Wildman–Crippen MR) is 90.4 cm³/mol. The minimum atomic E-state index is 0.493. The summed E-state index contributed by atoms with van der Waals surface area (Å²) in [5.74, 6) is 1.01. The van der Waals surface area contributed by atoms with Crippen LogP contribution in [-0.2, 0) is 6.54 Å². The van der Waals surface area contributed by atoms with Crippen LogP contribution in [0.5, 0.6) is 5.75 Å². The van der Waals surface area contributed by atoms with E-state index in [1.807, 2.05) is 6.92 Å². The Morgan fingerprint density at radius 2 is 2.00 bits per heavy atom. The van der Waals surface area contributed by atoms with E-state index in [1.165, 1.54) is 50.3 Å². The van der Waals surface area contributed by atoms with Gasteiger partial charge in [-0.1, -0.05) is 13.0 Å². The number of hydrogen-bond donors (Lipinski definition) is 1. The molecule has 1 atom stereocenters. The van der Waals surface area contributed by atoms with E-state index in [1.54, 1.807) is 0 Å². The molecule has 1 saturated heterocycles. The Bertz CT molecular complexity index is 483. The van der Waals surface area contributed by atoms with E-state index in [0.717, 1.165) is 25.4 Å². The standard InChI is InChI=1S/C18H29N3O/c1-3-7-20-8-10-21(11-9-20)18-14-19-13-15-5-6-16(22-4-2)12-17(15)18/h5-6,12,18-19H,3-4,7-11,13-14H2,1-2H3/t18-/m1/s1. The molecule has 1 fully saturated rings. The number of hydrogen-bond acceptors (Lipinski definition) is 4. The molecule has 0 aliphatic carbocycles. The Morgan fingerprint density at radius 3 is 2.73 bits per heavy atom. The number of nitrogens with zero attached hydrogens (tertiary/aromatic N) is 2. The van der Waals surface area contributed by atoms with Gasteiger partial charge < -0.3 is 15.0 Å². The zero-order valence-corrected chi connectivity index (χ0v) is 14.0. The lowest BCUT2D eigenvalue weighted by Gasteiger charge is -2.41. The Hall–Kier alpha value is -1.10. The van der Waals surface area contributed by atoms with Crippen LogP contribution in [0.15, 0.2) is 18.2 Å². The molecule has 4 heteroatoms. The van der Waals surface area contributed by atoms with Crippen LogP contribution in [0.1, 0.15) is 37.4 Å². The van der Waals surface area contributed by atoms with Gasteiger partial charge in [0.15, 0.2) is 0 Å². The SMILES string of the molecule is CCCN1CCN([C@@H]2CNCc3ccc(OCC)cc32)CC1. The molecule has 1 N–H and O–H groups in total. The number of benzene rings is 1. The van der Waals surface area contributed by atoms with Gasteiger partial charge in [-0.15, -0.1) is 0 Å². The average Bonchev–Trinajstić information content (AvgIpc) is 2.56. The van der Waals surface area contributed by atoms with E-state index in [0.29, 0.717) is 6.04 Å². The molecule has 2 heterocycles. The first-order valence-corrected chi connectivity index (χ1v) is 8.74. The fourth-order valence-electron chi connectivity index (χ4n) is 3.69. The highest BCUT2D eigenvalue weighted by Gasteiger charge is 2.28. The van der Waals surface area contributed by atoms with Gasteiger partial charge in [0.1, 0.15) is 5.75 Å². The van der Waals surface area contributed by atoms with Crippen molar-refractivity contribution in [2.24, 2.45) is 0 Å². The molecule has 4 nitrogen and oxygen atoms in total. The van der Waals surface area contributed by atoms with Crippen LogP contribution in [-0.4, -0.2) is 55.7 Å². The summed E-state index contributed by atoms with van der Waals surface area (Å²) in [4.78, 5) is 5.23. The van der Waals surface area contributed by atoms with Gasteiger partial charge in [0.2, 0.25) is 0 Å². The van der Waals surface area contributed by atoms with Crippen molar-refractivity contribution in [1.82, 2.24) is 15.1 Å². The van der Waals surface area contributed by atoms with E-state index >= 15 is 0 Å². The van der Waals surface area contributed by atoms with Crippen LogP contribution in [0, 0.1) is 0 Å². The van der Waals surface area contributed by atoms with E-state index < -0.39 is 0 Å². The fourth-order valence-corrected chi connectivity index (χ4v) is 3.69. The summed E-state index contributed by atoms with van der Waals surface area (Å²) in [6, 6.07) is 7.09. The van der Waals surface area contributed by atoms with E-state index in [2.05, 4.69) is 40.2 Å². The molecule has 2 aliphatic heterocycles. The number of nitrogens with one attached hydrogen (secondary N) is 1. The molecule has 22 heavy (non-hydrogen) atoms. The predicted octanol–water partition coefficient (Wildman–Crippen LogP) is 2.26. The Balaban J connectivity index is 1.72. The monoisotopic (exact) mass is 303 g/mol. The molecule has 0 aromatic heterocycles. The summed E-state index contributed by atoms with van der Waals surface area (Å²) in [6.07, 6.45) is 1.26. The van der Waals surface area contributed by atoms with Crippen molar-refractivity contribution in [2.75, 3.05) is 45.9 Å². The van der Waals surface area contributed by atoms with Gasteiger partial charge in [-0.3, -0.25) is 4.90 Å². The van der Waals surface area contributed by atoms with Gasteiger partial charge in [0.25, 0.3) is 0 Å². The molecule has 1 aromatic carbocycles. The van der Waals surface area contributed by atoms with Gasteiger partial charge in [0, 0.05) is 45.3 Å². The van der Waals surface area contributed by atoms with Crippen molar-refractivity contribution in [1.29, 1.82) is 0 Å². The molecular weight excluding hydrogens is 274 g/mol. The van der Waals surface area contributed by atoms with Gasteiger partial charge in [-0.25, -0.2) is 0 Å². The van der Waals surface area contributed by atoms with Crippen LogP contribution in [0.4, 0.5) is 0 Å². The number of piperazine rings is 1. The van der Waals surface area contributed by atoms with Gasteiger partial charge >= 0.3 is 0 Å². The number of fused-ring (bicyclic) bond motifs is 1. The maximum atomic E-state index is 5.71. The first-order chi connectivity index (χ1) is 10.8. The van der Waals surface area contributed by atoms with Crippen LogP contribution in [0.2, 0.25) is 0 Å². The number of rotatable bonds is 5. The van der Waals surface area contributed by atoms with Crippen molar-refractivity contribution in [3.63, 3.8) is 0 Å². The van der Waals surface area contributed by atoms with Gasteiger partial charge in [-0.05, 0) is 43.1 Å². The molecule has 0 spiro atoms. The molecule has 122 valence electrons. The Labute approximate surface area is 134 Å². The highest BCUT2D eigenvalue weighted by atomic mass is 16.5. The van der Waals surface area contributed by atoms with E-state index in [-0.39, 0.29) is 0 Å². The van der Waals surface area contributed by atoms with Crippen molar-refractivity contribution in [3.05, 3.63) is 29.3 Å². The topological polar surface area (TPSA) is 27.7 Å². The quantitative estimate of drug-likeness (QED) is 0.903. The maximum absolute atomic E-state index is 5.71. The normalized spacial score (nSPS) is 23.3. The van der Waals surface area contributed by atoms with Crippen molar-refractivity contribution in [2.45, 2.75) is 32.9 Å². The van der Waals surface area contributed by atoms with Gasteiger partial charge in [0.05, 0.1) is 6.61 Å². The highest BCUT2D eigenvalue weighted by molar-refractivity contribution is 5.39. The molecule has 0 amide bonds. The van der Waals surface area contributed by atoms with Crippen LogP contribution in [0.3, 0.4) is 0 Å². The molecule has 0 radical (unpaired) electrons. The van der Waals surface area contributed by atoms with E-state index in [4.69, 9.17) is 4.74 Å². The average molecular weight is 303 g/mol. The molecule has 2 aliphatic rings. The molecule has 3 rings (SSSR count). The van der Waals surface area contributed by atoms with Crippen LogP contribution >= 0.6 is 0 Å². The van der Waals surface area contributed by atoms with Crippen molar-refractivity contribution in [3.8, 4) is 5.75 Å². The first-order valence-electron chi connectivity index (χ1n) is 8.74. The summed E-state index contributed by atoms with van der Waals surface area (Å²) >= 11 is 0. The fraction of sp³-hybridized carbons (Fsp3) is 0.667. The maximum Gasteiger partial charge on any atom is 0.119 e. The number of ether oxygens (including phenoxy) is 1. The van der Waals surface area contributed by atoms with Crippen LogP contribution in [0.25, 0.3) is 0 Å². The zero-order valence-electron chi connectivity index (χ0n) is 14.0. The summed E-state index contributed by atoms with van der Waals surface area (Å²) < 4.78 is 5.71. The van der Waals surface area contributed by atoms with E-state index in [9.17, 15) is 0 Å². The van der Waals surface area contributed by atoms with Crippen LogP contribution < -0.4 is 10.1 Å². The molecule has 0 unspecified atom stereocenters. The van der Waals surface area contributed by atoms with Crippen molar-refractivity contribution < 1.29 is 4.74 Å². The molecular formula is C18H29N3O. The Kier molecular flexibility index (Phi) is 5.34. The second-order valence-electron chi connectivity index (χ2n) is 6.32. The summed E-state index contributed by atoms with van der Waals surface area (Å²) in [6.45, 7) is 13.1. The smallest absolute Gasteiger partial charge is 0.119 e. The first kappa shape index (κ1) is 15.8. The zero-order chi connectivity index (χ0) is 15.4. The van der Waals surface area contributed by atoms with Crippen molar-refractivity contribution >= 4 is 0 Å². The Morgan fingerprint density at radius 1 is 1.18 bits per heavy atom. The molecule has 0 saturated carbocycles. The highest BCUT2D eigenvalue weighted by Crippen LogP contribution is 2.31. The molecule has 1 aromatic rings. The third-order valence-electron chi connectivity index (χ3n) is 4.83. The second-order valence-corrected chi connectivity index (χ2v) is 6.32. The lowest BCUT2D eigenvalue weighted by molar-refractivity contribution is 0.0917. The lowest BCUT2D eigenvalue weighted by Crippen LogP contribution is -2.50. The largest absolute Gasteiger partial charge is 0.494 e. The third-order valence-corrected chi connectivity index (χ3v) is 4.83. The second kappa shape index (κ2) is 7.44. The lowest BCUT2D eigenvalue weighted by atomic mass is 9.94. The summed E-state index contributed by atoms with van der Waals surface area (Å²) in [5, 5.41) is 3.58.